The van der Waals surface area contributed by atoms with Gasteiger partial charge in [-0.25, -0.2) is 4.79 Å². The van der Waals surface area contributed by atoms with Gasteiger partial charge in [-0.05, 0) is 43.2 Å². The number of para-hydroxylation sites is 1. The second kappa shape index (κ2) is 6.79. The number of oxazole rings is 1. The monoisotopic (exact) mass is 385 g/mol. The summed E-state index contributed by atoms with van der Waals surface area (Å²) in [4.78, 5) is 43.2. The standard InChI is InChI=1S/C21H27N3O4/c1-21(12-13-7-8-14(21)11-13)19(26)24(3)10-9-23(2)18(25)15-5-4-6-16-17(15)28-20(27)22-16/h4-6,13-14H,7-12H2,1-3H3,(H,22,27). The second-order valence-corrected chi connectivity index (χ2v) is 8.65. The molecule has 150 valence electrons. The molecule has 0 saturated heterocycles. The molecule has 28 heavy (non-hydrogen) atoms. The van der Waals surface area contributed by atoms with E-state index in [9.17, 15) is 14.4 Å². The van der Waals surface area contributed by atoms with E-state index in [0.717, 1.165) is 12.8 Å². The molecule has 3 unspecified atom stereocenters. The van der Waals surface area contributed by atoms with Crippen LogP contribution in [-0.4, -0.2) is 53.8 Å². The third-order valence-corrected chi connectivity index (χ3v) is 6.78. The topological polar surface area (TPSA) is 86.6 Å². The van der Waals surface area contributed by atoms with Gasteiger partial charge in [0, 0.05) is 32.6 Å². The van der Waals surface area contributed by atoms with Gasteiger partial charge in [0.1, 0.15) is 0 Å². The number of hydrogen-bond acceptors (Lipinski definition) is 4. The predicted molar refractivity (Wildman–Crippen MR) is 105 cm³/mol. The van der Waals surface area contributed by atoms with E-state index in [1.165, 1.54) is 12.8 Å². The number of fused-ring (bicyclic) bond motifs is 3. The molecule has 2 bridgehead atoms. The Bertz CT molecular complexity index is 977. The summed E-state index contributed by atoms with van der Waals surface area (Å²) in [6.45, 7) is 3.00. The van der Waals surface area contributed by atoms with Crippen molar-refractivity contribution < 1.29 is 14.0 Å². The van der Waals surface area contributed by atoms with E-state index in [4.69, 9.17) is 4.42 Å². The van der Waals surface area contributed by atoms with Crippen molar-refractivity contribution in [1.82, 2.24) is 14.8 Å². The van der Waals surface area contributed by atoms with Crippen LogP contribution in [0.15, 0.2) is 27.4 Å². The Kier molecular flexibility index (Phi) is 4.56. The van der Waals surface area contributed by atoms with Crippen molar-refractivity contribution in [2.45, 2.75) is 32.6 Å². The molecule has 3 atom stereocenters. The van der Waals surface area contributed by atoms with Crippen LogP contribution < -0.4 is 5.76 Å². The maximum Gasteiger partial charge on any atom is 0.417 e. The van der Waals surface area contributed by atoms with Crippen LogP contribution in [0, 0.1) is 17.3 Å². The van der Waals surface area contributed by atoms with Crippen molar-refractivity contribution in [3.05, 3.63) is 34.3 Å². The molecular formula is C21H27N3O4. The number of benzene rings is 1. The molecule has 1 N–H and O–H groups in total. The Balaban J connectivity index is 1.41. The van der Waals surface area contributed by atoms with Crippen LogP contribution in [0.5, 0.6) is 0 Å². The molecule has 7 nitrogen and oxygen atoms in total. The molecule has 2 aliphatic carbocycles. The quantitative estimate of drug-likeness (QED) is 0.857. The predicted octanol–water partition coefficient (Wildman–Crippen LogP) is 2.48. The summed E-state index contributed by atoms with van der Waals surface area (Å²) < 4.78 is 5.12. The van der Waals surface area contributed by atoms with Gasteiger partial charge >= 0.3 is 5.76 Å². The van der Waals surface area contributed by atoms with Gasteiger partial charge in [-0.15, -0.1) is 0 Å². The number of nitrogens with one attached hydrogen (secondary N) is 1. The van der Waals surface area contributed by atoms with Crippen LogP contribution in [-0.2, 0) is 4.79 Å². The minimum Gasteiger partial charge on any atom is -0.407 e. The SMILES string of the molecule is CN(CCN(C)C(=O)C1(C)CC2CCC1C2)C(=O)c1cccc2[nH]c(=O)oc12. The summed E-state index contributed by atoms with van der Waals surface area (Å²) >= 11 is 0. The lowest BCUT2D eigenvalue weighted by Gasteiger charge is -2.36. The van der Waals surface area contributed by atoms with E-state index in [1.54, 1.807) is 35.0 Å². The van der Waals surface area contributed by atoms with Crippen LogP contribution in [0.3, 0.4) is 0 Å². The Hall–Kier alpha value is -2.57. The summed E-state index contributed by atoms with van der Waals surface area (Å²) in [7, 11) is 3.52. The Morgan fingerprint density at radius 3 is 2.64 bits per heavy atom. The lowest BCUT2D eigenvalue weighted by atomic mass is 9.73. The minimum absolute atomic E-state index is 0.194. The van der Waals surface area contributed by atoms with Crippen LogP contribution in [0.25, 0.3) is 11.1 Å². The molecule has 0 radical (unpaired) electrons. The van der Waals surface area contributed by atoms with Crippen LogP contribution in [0.1, 0.15) is 43.0 Å². The molecule has 0 spiro atoms. The molecule has 1 heterocycles. The molecule has 7 heteroatoms. The number of hydrogen-bond donors (Lipinski definition) is 1. The summed E-state index contributed by atoms with van der Waals surface area (Å²) in [5.74, 6) is 0.580. The van der Waals surface area contributed by atoms with Crippen LogP contribution in [0.4, 0.5) is 0 Å². The van der Waals surface area contributed by atoms with Crippen molar-refractivity contribution in [2.24, 2.45) is 17.3 Å². The fourth-order valence-electron chi connectivity index (χ4n) is 5.15. The van der Waals surface area contributed by atoms with Gasteiger partial charge < -0.3 is 14.2 Å². The van der Waals surface area contributed by atoms with Crippen LogP contribution in [0.2, 0.25) is 0 Å². The maximum atomic E-state index is 13.1. The minimum atomic E-state index is -0.581. The summed E-state index contributed by atoms with van der Waals surface area (Å²) in [6.07, 6.45) is 4.59. The number of likely N-dealkylation sites (N-methyl/N-ethyl adjacent to an activating group) is 2. The van der Waals surface area contributed by atoms with Crippen molar-refractivity contribution in [3.63, 3.8) is 0 Å². The first-order valence-electron chi connectivity index (χ1n) is 9.92. The second-order valence-electron chi connectivity index (χ2n) is 8.65. The maximum absolute atomic E-state index is 13.1. The molecule has 1 aromatic carbocycles. The number of H-pyrrole nitrogens is 1. The van der Waals surface area contributed by atoms with Gasteiger partial charge in [0.15, 0.2) is 5.58 Å². The van der Waals surface area contributed by atoms with E-state index in [2.05, 4.69) is 11.9 Å². The highest BCUT2D eigenvalue weighted by atomic mass is 16.4. The zero-order valence-electron chi connectivity index (χ0n) is 16.7. The highest BCUT2D eigenvalue weighted by molar-refractivity contribution is 6.03. The normalized spacial score (nSPS) is 26.0. The van der Waals surface area contributed by atoms with Gasteiger partial charge in [0.05, 0.1) is 11.1 Å². The average Bonchev–Trinajstić information content (AvgIpc) is 3.37. The first-order chi connectivity index (χ1) is 13.3. The van der Waals surface area contributed by atoms with Crippen LogP contribution >= 0.6 is 0 Å². The third kappa shape index (κ3) is 3.02. The fourth-order valence-corrected chi connectivity index (χ4v) is 5.15. The number of rotatable bonds is 5. The summed E-state index contributed by atoms with van der Waals surface area (Å²) in [5, 5.41) is 0. The number of amides is 2. The molecule has 1 aromatic heterocycles. The molecule has 2 amide bonds. The zero-order valence-corrected chi connectivity index (χ0v) is 16.7. The Labute approximate surface area is 163 Å². The van der Waals surface area contributed by atoms with Crippen molar-refractivity contribution in [3.8, 4) is 0 Å². The Morgan fingerprint density at radius 2 is 1.96 bits per heavy atom. The molecule has 0 aliphatic heterocycles. The number of carbonyl (C=O) groups excluding carboxylic acids is 2. The van der Waals surface area contributed by atoms with Crippen molar-refractivity contribution in [2.75, 3.05) is 27.2 Å². The lowest BCUT2D eigenvalue weighted by molar-refractivity contribution is -0.143. The summed E-state index contributed by atoms with van der Waals surface area (Å²) in [5.41, 5.74) is 0.858. The lowest BCUT2D eigenvalue weighted by Crippen LogP contribution is -2.46. The molecule has 2 aromatic rings. The van der Waals surface area contributed by atoms with Gasteiger partial charge in [0.25, 0.3) is 5.91 Å². The number of nitrogens with zero attached hydrogens (tertiary/aromatic N) is 2. The molecule has 2 saturated carbocycles. The van der Waals surface area contributed by atoms with Gasteiger partial charge in [0.2, 0.25) is 5.91 Å². The average molecular weight is 385 g/mol. The zero-order chi connectivity index (χ0) is 20.1. The smallest absolute Gasteiger partial charge is 0.407 e. The number of carbonyl (C=O) groups is 2. The summed E-state index contributed by atoms with van der Waals surface area (Å²) in [6, 6.07) is 5.04. The van der Waals surface area contributed by atoms with Gasteiger partial charge in [-0.2, -0.15) is 0 Å². The van der Waals surface area contributed by atoms with E-state index in [0.29, 0.717) is 36.0 Å². The Morgan fingerprint density at radius 1 is 1.21 bits per heavy atom. The van der Waals surface area contributed by atoms with Gasteiger partial charge in [-0.1, -0.05) is 19.4 Å². The van der Waals surface area contributed by atoms with E-state index >= 15 is 0 Å². The highest BCUT2D eigenvalue weighted by Crippen LogP contribution is 2.56. The molecule has 4 rings (SSSR count). The highest BCUT2D eigenvalue weighted by Gasteiger charge is 2.53. The molecule has 2 fully saturated rings. The first-order valence-corrected chi connectivity index (χ1v) is 9.92. The van der Waals surface area contributed by atoms with Gasteiger partial charge in [-0.3, -0.25) is 14.6 Å². The van der Waals surface area contributed by atoms with Crippen molar-refractivity contribution in [1.29, 1.82) is 0 Å². The molecule has 2 aliphatic rings. The number of aromatic amines is 1. The van der Waals surface area contributed by atoms with E-state index < -0.39 is 5.76 Å². The fraction of sp³-hybridized carbons (Fsp3) is 0.571. The molecular weight excluding hydrogens is 358 g/mol. The first kappa shape index (κ1) is 18.8. The third-order valence-electron chi connectivity index (χ3n) is 6.78. The largest absolute Gasteiger partial charge is 0.417 e. The number of aromatic nitrogens is 1. The van der Waals surface area contributed by atoms with Crippen molar-refractivity contribution >= 4 is 22.9 Å². The van der Waals surface area contributed by atoms with E-state index in [-0.39, 0.29) is 22.8 Å². The van der Waals surface area contributed by atoms with E-state index in [1.807, 2.05) is 7.05 Å².